The van der Waals surface area contributed by atoms with Crippen LogP contribution in [0.25, 0.3) is 36.1 Å². The zero-order chi connectivity index (χ0) is 46.4. The average molecular weight is 875 g/mol. The summed E-state index contributed by atoms with van der Waals surface area (Å²) in [7, 11) is 1.31. The van der Waals surface area contributed by atoms with Crippen molar-refractivity contribution in [3.63, 3.8) is 0 Å². The number of carbonyl (C=O) groups excluding carboxylic acids is 3. The van der Waals surface area contributed by atoms with E-state index in [2.05, 4.69) is 74.5 Å². The van der Waals surface area contributed by atoms with Gasteiger partial charge in [0.1, 0.15) is 12.5 Å². The maximum absolute atomic E-state index is 14.4. The number of aliphatic hydroxyl groups excluding tert-OH is 1. The van der Waals surface area contributed by atoms with Gasteiger partial charge in [-0.15, -0.1) is 0 Å². The number of fused-ring (bicyclic) bond motifs is 8. The third-order valence-corrected chi connectivity index (χ3v) is 14.5. The molecule has 3 aliphatic rings. The largest absolute Gasteiger partial charge is 0.515 e. The number of ketones is 1. The Labute approximate surface area is 380 Å². The topological polar surface area (TPSA) is 149 Å². The van der Waals surface area contributed by atoms with Crippen molar-refractivity contribution in [1.29, 1.82) is 0 Å². The molecule has 8 bridgehead atoms. The summed E-state index contributed by atoms with van der Waals surface area (Å²) in [4.78, 5) is 52.0. The standard InChI is InChI=1S/C54H74N4O6/c1-12-38-34(7)41-26-43-35(8)39(22-23-47(60)64-25-24-33(6)21-15-20-32(5)19-14-18-31(4)17-13-16-30(2)3)51(57-43)49-50(54(62)63-11)53(61)48-37(10)44(58-52(48)49)27-42-36(9)40(29-59)46(56-42)28-45(38)55-41/h12,24,26-32,35,39,50-51,55-59H,1,13-23,25H2,2-11H3/b33-24+,40-29+,43-26-,44-27-,46-28-/t31-,32-,35+,39+,50-,51?/m1/s1. The van der Waals surface area contributed by atoms with Gasteiger partial charge in [-0.2, -0.15) is 0 Å². The molecule has 10 heteroatoms. The van der Waals surface area contributed by atoms with Gasteiger partial charge in [0.25, 0.3) is 0 Å². The van der Waals surface area contributed by atoms with Crippen molar-refractivity contribution in [1.82, 2.24) is 20.3 Å². The van der Waals surface area contributed by atoms with Gasteiger partial charge in [0, 0.05) is 56.8 Å². The second-order valence-corrected chi connectivity index (χ2v) is 19.6. The fourth-order valence-electron chi connectivity index (χ4n) is 10.4. The molecule has 2 aliphatic heterocycles. The van der Waals surface area contributed by atoms with Gasteiger partial charge in [0.15, 0.2) is 5.78 Å². The molecule has 0 radical (unpaired) electrons. The number of H-pyrrole nitrogens is 3. The molecule has 0 amide bonds. The molecule has 64 heavy (non-hydrogen) atoms. The molecule has 6 rings (SSSR count). The number of aliphatic hydroxyl groups is 1. The minimum Gasteiger partial charge on any atom is -0.515 e. The van der Waals surface area contributed by atoms with Crippen LogP contribution in [-0.4, -0.2) is 57.5 Å². The van der Waals surface area contributed by atoms with Gasteiger partial charge >= 0.3 is 11.9 Å². The summed E-state index contributed by atoms with van der Waals surface area (Å²) in [6.45, 7) is 23.9. The maximum atomic E-state index is 14.4. The van der Waals surface area contributed by atoms with E-state index in [0.29, 0.717) is 50.3 Å². The van der Waals surface area contributed by atoms with Crippen molar-refractivity contribution >= 4 is 53.9 Å². The molecule has 0 spiro atoms. The van der Waals surface area contributed by atoms with Crippen molar-refractivity contribution in [2.45, 2.75) is 139 Å². The van der Waals surface area contributed by atoms with E-state index in [9.17, 15) is 19.5 Å². The molecular weight excluding hydrogens is 801 g/mol. The van der Waals surface area contributed by atoms with E-state index >= 15 is 0 Å². The predicted octanol–water partition coefficient (Wildman–Crippen LogP) is 8.62. The Kier molecular flexibility index (Phi) is 15.9. The second kappa shape index (κ2) is 21.2. The second-order valence-electron chi connectivity index (χ2n) is 19.6. The van der Waals surface area contributed by atoms with Crippen molar-refractivity contribution < 1.29 is 29.0 Å². The van der Waals surface area contributed by atoms with E-state index < -0.39 is 17.9 Å². The molecular formula is C54H74N4O6. The highest BCUT2D eigenvalue weighted by atomic mass is 16.5. The number of Topliss-reactive ketones (excluding diaryl/α,β-unsaturated/α-hetero) is 1. The molecule has 346 valence electrons. The van der Waals surface area contributed by atoms with Crippen LogP contribution in [0.2, 0.25) is 0 Å². The molecule has 1 aliphatic carbocycles. The van der Waals surface area contributed by atoms with Crippen molar-refractivity contribution in [2.75, 3.05) is 13.7 Å². The molecule has 6 atom stereocenters. The van der Waals surface area contributed by atoms with E-state index in [1.165, 1.54) is 57.6 Å². The molecule has 5 N–H and O–H groups in total. The van der Waals surface area contributed by atoms with Gasteiger partial charge in [0.05, 0.1) is 30.1 Å². The number of hydrogen-bond donors (Lipinski definition) is 5. The fraction of sp³-hybridized carbons (Fsp3) is 0.537. The number of nitrogens with one attached hydrogen (secondary N) is 4. The van der Waals surface area contributed by atoms with Gasteiger partial charge in [-0.3, -0.25) is 14.4 Å². The number of ether oxygens (including phenoxy) is 2. The van der Waals surface area contributed by atoms with Gasteiger partial charge in [0.2, 0.25) is 0 Å². The quantitative estimate of drug-likeness (QED) is 0.0460. The minimum atomic E-state index is -1.14. The van der Waals surface area contributed by atoms with Gasteiger partial charge < -0.3 is 34.8 Å². The highest BCUT2D eigenvalue weighted by Crippen LogP contribution is 2.42. The number of rotatable bonds is 19. The first-order valence-electron chi connectivity index (χ1n) is 23.8. The Morgan fingerprint density at radius 2 is 1.50 bits per heavy atom. The summed E-state index contributed by atoms with van der Waals surface area (Å²) in [5, 5.41) is 16.8. The van der Waals surface area contributed by atoms with Crippen LogP contribution in [-0.2, 0) is 19.1 Å². The Morgan fingerprint density at radius 3 is 2.16 bits per heavy atom. The van der Waals surface area contributed by atoms with E-state index in [1.807, 2.05) is 45.1 Å². The summed E-state index contributed by atoms with van der Waals surface area (Å²) < 4.78 is 11.1. The number of carbonyl (C=O) groups is 3. The smallest absolute Gasteiger partial charge is 0.320 e. The van der Waals surface area contributed by atoms with Crippen molar-refractivity contribution in [3.8, 4) is 0 Å². The predicted molar refractivity (Wildman–Crippen MR) is 259 cm³/mol. The fourth-order valence-corrected chi connectivity index (χ4v) is 10.4. The number of hydrogen-bond acceptors (Lipinski definition) is 7. The Bertz CT molecular complexity index is 2540. The van der Waals surface area contributed by atoms with Gasteiger partial charge in [-0.25, -0.2) is 0 Å². The van der Waals surface area contributed by atoms with Crippen LogP contribution in [0.1, 0.15) is 162 Å². The molecule has 1 unspecified atom stereocenters. The lowest BCUT2D eigenvalue weighted by Gasteiger charge is -2.25. The van der Waals surface area contributed by atoms with E-state index in [-0.39, 0.29) is 36.6 Å². The highest BCUT2D eigenvalue weighted by molar-refractivity contribution is 6.19. The third-order valence-electron chi connectivity index (χ3n) is 14.5. The summed E-state index contributed by atoms with van der Waals surface area (Å²) in [5.41, 5.74) is 9.16. The van der Waals surface area contributed by atoms with Crippen LogP contribution in [0.4, 0.5) is 0 Å². The van der Waals surface area contributed by atoms with Crippen LogP contribution >= 0.6 is 0 Å². The molecule has 5 heterocycles. The van der Waals surface area contributed by atoms with Crippen LogP contribution in [0.5, 0.6) is 0 Å². The van der Waals surface area contributed by atoms with Crippen molar-refractivity contribution in [2.24, 2.45) is 35.5 Å². The Morgan fingerprint density at radius 1 is 0.844 bits per heavy atom. The average Bonchev–Trinajstić information content (AvgIpc) is 3.99. The number of esters is 2. The lowest BCUT2D eigenvalue weighted by Crippen LogP contribution is -2.38. The van der Waals surface area contributed by atoms with Gasteiger partial charge in [-0.05, 0) is 117 Å². The van der Waals surface area contributed by atoms with Crippen LogP contribution in [0.3, 0.4) is 0 Å². The third kappa shape index (κ3) is 10.5. The first-order chi connectivity index (χ1) is 30.6. The van der Waals surface area contributed by atoms with E-state index in [4.69, 9.17) is 9.47 Å². The molecule has 0 aromatic carbocycles. The molecule has 1 saturated heterocycles. The van der Waals surface area contributed by atoms with Crippen LogP contribution in [0.15, 0.2) is 23.9 Å². The monoisotopic (exact) mass is 875 g/mol. The zero-order valence-electron chi connectivity index (χ0n) is 40.2. The number of aromatic amines is 3. The van der Waals surface area contributed by atoms with Crippen LogP contribution < -0.4 is 26.6 Å². The van der Waals surface area contributed by atoms with E-state index in [1.54, 1.807) is 0 Å². The molecule has 0 saturated carbocycles. The number of aromatic nitrogens is 3. The summed E-state index contributed by atoms with van der Waals surface area (Å²) in [5.74, 6) is -0.286. The maximum Gasteiger partial charge on any atom is 0.320 e. The summed E-state index contributed by atoms with van der Waals surface area (Å²) in [6.07, 6.45) is 22.9. The Hall–Kier alpha value is -5.25. The summed E-state index contributed by atoms with van der Waals surface area (Å²) >= 11 is 0. The number of methoxy groups -OCH3 is 1. The molecule has 1 fully saturated rings. The summed E-state index contributed by atoms with van der Waals surface area (Å²) in [6, 6.07) is -0.473. The van der Waals surface area contributed by atoms with Crippen LogP contribution in [0, 0.1) is 56.3 Å². The zero-order valence-corrected chi connectivity index (χ0v) is 40.2. The number of allylic oxidation sites excluding steroid dienone is 2. The van der Waals surface area contributed by atoms with Crippen molar-refractivity contribution in [3.05, 3.63) is 90.1 Å². The minimum absolute atomic E-state index is 0.0886. The first kappa shape index (κ1) is 48.2. The Balaban J connectivity index is 1.21. The lowest BCUT2D eigenvalue weighted by atomic mass is 9.80. The normalized spacial score (nSPS) is 22.3. The van der Waals surface area contributed by atoms with Gasteiger partial charge in [-0.1, -0.05) is 97.8 Å². The first-order valence-corrected chi connectivity index (χ1v) is 23.8. The lowest BCUT2D eigenvalue weighted by molar-refractivity contribution is -0.143. The van der Waals surface area contributed by atoms with E-state index in [0.717, 1.165) is 70.4 Å². The highest BCUT2D eigenvalue weighted by Gasteiger charge is 2.49. The SMILES string of the molecule is C=Cc1c2[nH]c(c1C)/C=C1\NC(C3=c4[nH]/c(c(C)c4C(=O)[C@@H]3C(=O)OC)=C\c3[nH]c(/c(=C/O)c3C)=C\2)[C@@H](CCC(=O)OC/C=C(\C)CCC[C@H](C)CCC[C@H](C)CCCC(C)C)[C@@H]1C. The molecule has 3 aromatic rings. The molecule has 3 aromatic heterocycles. The molecule has 10 nitrogen and oxygen atoms in total.